The quantitative estimate of drug-likeness (QED) is 0.841. The zero-order valence-electron chi connectivity index (χ0n) is 10.8. The minimum Gasteiger partial charge on any atom is -0.496 e. The molecule has 0 N–H and O–H groups in total. The molecule has 0 radical (unpaired) electrons. The molecule has 0 saturated heterocycles. The maximum absolute atomic E-state index is 12.3. The number of fused-ring (bicyclic) bond motifs is 1. The lowest BCUT2D eigenvalue weighted by Crippen LogP contribution is -2.23. The minimum atomic E-state index is 0.0986. The largest absolute Gasteiger partial charge is 0.496 e. The van der Waals surface area contributed by atoms with Crippen LogP contribution in [-0.2, 0) is 13.1 Å². The van der Waals surface area contributed by atoms with Gasteiger partial charge >= 0.3 is 0 Å². The standard InChI is InChI=1S/C16H15NO2/c1-19-15-9-5-3-7-13(15)11-17-10-12-6-2-4-8-14(12)16(17)18/h2-9H,10-11H2,1H3. The molecule has 0 aromatic heterocycles. The topological polar surface area (TPSA) is 29.5 Å². The van der Waals surface area contributed by atoms with Crippen LogP contribution in [0.5, 0.6) is 5.75 Å². The number of hydrogen-bond acceptors (Lipinski definition) is 2. The van der Waals surface area contributed by atoms with Gasteiger partial charge in [0.2, 0.25) is 0 Å². The van der Waals surface area contributed by atoms with E-state index in [1.165, 1.54) is 0 Å². The van der Waals surface area contributed by atoms with Gasteiger partial charge in [0.1, 0.15) is 5.75 Å². The van der Waals surface area contributed by atoms with Crippen LogP contribution in [0, 0.1) is 0 Å². The smallest absolute Gasteiger partial charge is 0.254 e. The molecule has 3 heteroatoms. The molecule has 1 heterocycles. The van der Waals surface area contributed by atoms with Crippen molar-refractivity contribution < 1.29 is 9.53 Å². The number of ether oxygens (including phenoxy) is 1. The second-order valence-electron chi connectivity index (χ2n) is 4.63. The predicted octanol–water partition coefficient (Wildman–Crippen LogP) is 2.85. The number of benzene rings is 2. The summed E-state index contributed by atoms with van der Waals surface area (Å²) in [4.78, 5) is 14.1. The Balaban J connectivity index is 1.85. The lowest BCUT2D eigenvalue weighted by Gasteiger charge is -2.17. The number of rotatable bonds is 3. The molecule has 3 rings (SSSR count). The summed E-state index contributed by atoms with van der Waals surface area (Å²) in [6.07, 6.45) is 0. The Morgan fingerprint density at radius 3 is 2.63 bits per heavy atom. The number of carbonyl (C=O) groups is 1. The maximum Gasteiger partial charge on any atom is 0.254 e. The van der Waals surface area contributed by atoms with E-state index in [4.69, 9.17) is 4.74 Å². The molecule has 1 aliphatic heterocycles. The molecular weight excluding hydrogens is 238 g/mol. The molecule has 0 spiro atoms. The van der Waals surface area contributed by atoms with E-state index in [2.05, 4.69) is 0 Å². The predicted molar refractivity (Wildman–Crippen MR) is 73.0 cm³/mol. The molecule has 2 aromatic carbocycles. The third-order valence-corrected chi connectivity index (χ3v) is 3.45. The number of amides is 1. The number of nitrogens with zero attached hydrogens (tertiary/aromatic N) is 1. The Labute approximate surface area is 112 Å². The fourth-order valence-electron chi connectivity index (χ4n) is 2.48. The first-order chi connectivity index (χ1) is 9.29. The molecule has 0 bridgehead atoms. The van der Waals surface area contributed by atoms with Gasteiger partial charge in [-0.15, -0.1) is 0 Å². The van der Waals surface area contributed by atoms with Crippen molar-refractivity contribution in [1.82, 2.24) is 4.90 Å². The van der Waals surface area contributed by atoms with Crippen LogP contribution in [0.25, 0.3) is 0 Å². The Bertz CT molecular complexity index is 622. The number of para-hydroxylation sites is 1. The maximum atomic E-state index is 12.3. The molecule has 0 saturated carbocycles. The van der Waals surface area contributed by atoms with Gasteiger partial charge in [-0.25, -0.2) is 0 Å². The fourth-order valence-corrected chi connectivity index (χ4v) is 2.48. The Morgan fingerprint density at radius 2 is 1.84 bits per heavy atom. The zero-order valence-corrected chi connectivity index (χ0v) is 10.8. The minimum absolute atomic E-state index is 0.0986. The van der Waals surface area contributed by atoms with E-state index in [1.807, 2.05) is 53.4 Å². The first-order valence-electron chi connectivity index (χ1n) is 6.28. The summed E-state index contributed by atoms with van der Waals surface area (Å²) in [7, 11) is 1.65. The highest BCUT2D eigenvalue weighted by atomic mass is 16.5. The van der Waals surface area contributed by atoms with E-state index >= 15 is 0 Å². The molecule has 19 heavy (non-hydrogen) atoms. The molecular formula is C16H15NO2. The van der Waals surface area contributed by atoms with Gasteiger partial charge in [-0.2, -0.15) is 0 Å². The number of methoxy groups -OCH3 is 1. The Kier molecular flexibility index (Phi) is 2.95. The van der Waals surface area contributed by atoms with E-state index < -0.39 is 0 Å². The van der Waals surface area contributed by atoms with E-state index in [1.54, 1.807) is 7.11 Å². The van der Waals surface area contributed by atoms with Crippen LogP contribution in [0.15, 0.2) is 48.5 Å². The monoisotopic (exact) mass is 253 g/mol. The lowest BCUT2D eigenvalue weighted by atomic mass is 10.1. The number of hydrogen-bond donors (Lipinski definition) is 0. The van der Waals surface area contributed by atoms with Gasteiger partial charge in [0.25, 0.3) is 5.91 Å². The summed E-state index contributed by atoms with van der Waals surface area (Å²) < 4.78 is 5.33. The highest BCUT2D eigenvalue weighted by Gasteiger charge is 2.27. The van der Waals surface area contributed by atoms with Gasteiger partial charge in [-0.1, -0.05) is 36.4 Å². The van der Waals surface area contributed by atoms with Crippen LogP contribution in [0.3, 0.4) is 0 Å². The van der Waals surface area contributed by atoms with E-state index in [9.17, 15) is 4.79 Å². The van der Waals surface area contributed by atoms with Crippen LogP contribution >= 0.6 is 0 Å². The first kappa shape index (κ1) is 11.8. The molecule has 0 fully saturated rings. The molecule has 0 atom stereocenters. The second kappa shape index (κ2) is 4.76. The van der Waals surface area contributed by atoms with Crippen LogP contribution in [-0.4, -0.2) is 17.9 Å². The molecule has 3 nitrogen and oxygen atoms in total. The van der Waals surface area contributed by atoms with Crippen LogP contribution in [0.2, 0.25) is 0 Å². The second-order valence-corrected chi connectivity index (χ2v) is 4.63. The van der Waals surface area contributed by atoms with Crippen LogP contribution < -0.4 is 4.74 Å². The van der Waals surface area contributed by atoms with E-state index in [-0.39, 0.29) is 5.91 Å². The SMILES string of the molecule is COc1ccccc1CN1Cc2ccccc2C1=O. The highest BCUT2D eigenvalue weighted by molar-refractivity contribution is 5.98. The van der Waals surface area contributed by atoms with Gasteiger partial charge in [0, 0.05) is 24.2 Å². The molecule has 0 unspecified atom stereocenters. The van der Waals surface area contributed by atoms with Crippen molar-refractivity contribution in [3.8, 4) is 5.75 Å². The summed E-state index contributed by atoms with van der Waals surface area (Å²) in [5.74, 6) is 0.924. The van der Waals surface area contributed by atoms with Crippen molar-refractivity contribution >= 4 is 5.91 Å². The Morgan fingerprint density at radius 1 is 1.11 bits per heavy atom. The van der Waals surface area contributed by atoms with Crippen LogP contribution in [0.1, 0.15) is 21.5 Å². The van der Waals surface area contributed by atoms with Crippen LogP contribution in [0.4, 0.5) is 0 Å². The molecule has 1 aliphatic rings. The summed E-state index contributed by atoms with van der Waals surface area (Å²) >= 11 is 0. The normalized spacial score (nSPS) is 13.5. The Hall–Kier alpha value is -2.29. The fraction of sp³-hybridized carbons (Fsp3) is 0.188. The summed E-state index contributed by atoms with van der Waals surface area (Å²) in [5.41, 5.74) is 2.95. The zero-order chi connectivity index (χ0) is 13.2. The summed E-state index contributed by atoms with van der Waals surface area (Å²) in [5, 5.41) is 0. The summed E-state index contributed by atoms with van der Waals surface area (Å²) in [6, 6.07) is 15.6. The van der Waals surface area contributed by atoms with E-state index in [0.717, 1.165) is 22.4 Å². The van der Waals surface area contributed by atoms with E-state index in [0.29, 0.717) is 13.1 Å². The molecule has 1 amide bonds. The van der Waals surface area contributed by atoms with Crippen molar-refractivity contribution in [3.63, 3.8) is 0 Å². The average molecular weight is 253 g/mol. The first-order valence-corrected chi connectivity index (χ1v) is 6.28. The van der Waals surface area contributed by atoms with Gasteiger partial charge < -0.3 is 9.64 Å². The van der Waals surface area contributed by atoms with Gasteiger partial charge in [-0.3, -0.25) is 4.79 Å². The average Bonchev–Trinajstić information content (AvgIpc) is 2.77. The third kappa shape index (κ3) is 2.08. The number of carbonyl (C=O) groups excluding carboxylic acids is 1. The van der Waals surface area contributed by atoms with Crippen molar-refractivity contribution in [1.29, 1.82) is 0 Å². The molecule has 0 aliphatic carbocycles. The van der Waals surface area contributed by atoms with Gasteiger partial charge in [-0.05, 0) is 17.7 Å². The lowest BCUT2D eigenvalue weighted by molar-refractivity contribution is 0.0765. The highest BCUT2D eigenvalue weighted by Crippen LogP contribution is 2.26. The van der Waals surface area contributed by atoms with Crippen molar-refractivity contribution in [2.75, 3.05) is 7.11 Å². The van der Waals surface area contributed by atoms with Crippen molar-refractivity contribution in [2.24, 2.45) is 0 Å². The van der Waals surface area contributed by atoms with Gasteiger partial charge in [0.15, 0.2) is 0 Å². The van der Waals surface area contributed by atoms with Crippen molar-refractivity contribution in [2.45, 2.75) is 13.1 Å². The van der Waals surface area contributed by atoms with Gasteiger partial charge in [0.05, 0.1) is 7.11 Å². The molecule has 2 aromatic rings. The summed E-state index contributed by atoms with van der Waals surface area (Å²) in [6.45, 7) is 1.25. The van der Waals surface area contributed by atoms with Crippen molar-refractivity contribution in [3.05, 3.63) is 65.2 Å². The molecule has 96 valence electrons. The third-order valence-electron chi connectivity index (χ3n) is 3.45.